The molecule has 0 aliphatic heterocycles. The van der Waals surface area contributed by atoms with Crippen molar-refractivity contribution < 1.29 is 0 Å². The highest BCUT2D eigenvalue weighted by Gasteiger charge is 2.04. The van der Waals surface area contributed by atoms with Crippen LogP contribution in [0.1, 0.15) is 25.1 Å². The van der Waals surface area contributed by atoms with Crippen LogP contribution in [0.2, 0.25) is 0 Å². The monoisotopic (exact) mass is 167 g/mol. The van der Waals surface area contributed by atoms with Crippen LogP contribution in [0.5, 0.6) is 0 Å². The van der Waals surface area contributed by atoms with Crippen LogP contribution in [0.25, 0.3) is 0 Å². The lowest BCUT2D eigenvalue weighted by atomic mass is 10.2. The minimum absolute atomic E-state index is 0.654. The van der Waals surface area contributed by atoms with E-state index in [0.29, 0.717) is 5.92 Å². The van der Waals surface area contributed by atoms with Gasteiger partial charge in [-0.1, -0.05) is 13.8 Å². The minimum Gasteiger partial charge on any atom is -0.368 e. The molecule has 2 N–H and O–H groups in total. The molecule has 0 fully saturated rings. The Kier molecular flexibility index (Phi) is 2.74. The van der Waals surface area contributed by atoms with Crippen LogP contribution in [-0.2, 0) is 0 Å². The van der Waals surface area contributed by atoms with E-state index in [4.69, 9.17) is 0 Å². The number of anilines is 1. The maximum absolute atomic E-state index is 4.15. The lowest BCUT2D eigenvalue weighted by Gasteiger charge is -2.06. The molecule has 0 aromatic carbocycles. The highest BCUT2D eigenvalue weighted by Crippen LogP contribution is 2.13. The molecule has 0 unspecified atom stereocenters. The molecule has 0 bridgehead atoms. The highest BCUT2D eigenvalue weighted by molar-refractivity contribution is 5.44. The van der Waals surface area contributed by atoms with Crippen LogP contribution < -0.4 is 5.32 Å². The van der Waals surface area contributed by atoms with Gasteiger partial charge in [0.05, 0.1) is 0 Å². The van der Waals surface area contributed by atoms with Gasteiger partial charge in [0, 0.05) is 17.8 Å². The first-order chi connectivity index (χ1) is 5.61. The molecule has 3 nitrogen and oxygen atoms in total. The molecular weight excluding hydrogens is 150 g/mol. The number of nitrogens with zero attached hydrogens (tertiary/aromatic N) is 1. The van der Waals surface area contributed by atoms with E-state index in [2.05, 4.69) is 36.3 Å². The fourth-order valence-corrected chi connectivity index (χ4v) is 0.958. The molecule has 0 saturated heterocycles. The zero-order valence-corrected chi connectivity index (χ0v) is 8.23. The standard InChI is InChI=1S/C9H17N3/c1-6(2)5-10-9-7(3)8(4)11-12-9/h6H,5H2,1-4H3,(H2,10,11,12). The summed E-state index contributed by atoms with van der Waals surface area (Å²) in [5.74, 6) is 1.64. The van der Waals surface area contributed by atoms with Gasteiger partial charge < -0.3 is 5.32 Å². The van der Waals surface area contributed by atoms with Gasteiger partial charge in [-0.2, -0.15) is 5.10 Å². The lowest BCUT2D eigenvalue weighted by molar-refractivity contribution is 0.686. The quantitative estimate of drug-likeness (QED) is 0.723. The first kappa shape index (κ1) is 9.10. The van der Waals surface area contributed by atoms with E-state index in [0.717, 1.165) is 18.1 Å². The Morgan fingerprint density at radius 2 is 2.08 bits per heavy atom. The molecule has 1 rings (SSSR count). The van der Waals surface area contributed by atoms with Gasteiger partial charge in [0.25, 0.3) is 0 Å². The van der Waals surface area contributed by atoms with Crippen molar-refractivity contribution in [2.75, 3.05) is 11.9 Å². The van der Waals surface area contributed by atoms with Gasteiger partial charge in [-0.25, -0.2) is 0 Å². The number of nitrogens with one attached hydrogen (secondary N) is 2. The Balaban J connectivity index is 2.58. The Hall–Kier alpha value is -0.990. The van der Waals surface area contributed by atoms with Crippen molar-refractivity contribution in [2.45, 2.75) is 27.7 Å². The van der Waals surface area contributed by atoms with E-state index in [-0.39, 0.29) is 0 Å². The number of aromatic nitrogens is 2. The molecule has 1 heterocycles. The number of hydrogen-bond acceptors (Lipinski definition) is 2. The van der Waals surface area contributed by atoms with Gasteiger partial charge in [0.15, 0.2) is 5.82 Å². The summed E-state index contributed by atoms with van der Waals surface area (Å²) in [6.45, 7) is 9.44. The van der Waals surface area contributed by atoms with E-state index < -0.39 is 0 Å². The number of aromatic amines is 1. The van der Waals surface area contributed by atoms with Crippen LogP contribution >= 0.6 is 0 Å². The molecule has 1 aromatic rings. The molecule has 68 valence electrons. The van der Waals surface area contributed by atoms with Gasteiger partial charge in [0.1, 0.15) is 0 Å². The van der Waals surface area contributed by atoms with Crippen LogP contribution in [0.3, 0.4) is 0 Å². The Bertz CT molecular complexity index is 250. The summed E-state index contributed by atoms with van der Waals surface area (Å²) >= 11 is 0. The van der Waals surface area contributed by atoms with Gasteiger partial charge >= 0.3 is 0 Å². The van der Waals surface area contributed by atoms with Crippen molar-refractivity contribution in [1.29, 1.82) is 0 Å². The number of H-pyrrole nitrogens is 1. The fraction of sp³-hybridized carbons (Fsp3) is 0.667. The fourth-order valence-electron chi connectivity index (χ4n) is 0.958. The average Bonchev–Trinajstić information content (AvgIpc) is 2.30. The molecule has 0 aliphatic carbocycles. The summed E-state index contributed by atoms with van der Waals surface area (Å²) in [6.07, 6.45) is 0. The van der Waals surface area contributed by atoms with Crippen LogP contribution in [0.4, 0.5) is 5.82 Å². The Morgan fingerprint density at radius 1 is 1.42 bits per heavy atom. The molecule has 0 atom stereocenters. The van der Waals surface area contributed by atoms with Crippen molar-refractivity contribution in [1.82, 2.24) is 10.2 Å². The highest BCUT2D eigenvalue weighted by atomic mass is 15.2. The maximum atomic E-state index is 4.15. The summed E-state index contributed by atoms with van der Waals surface area (Å²) in [6, 6.07) is 0. The van der Waals surface area contributed by atoms with Gasteiger partial charge in [-0.05, 0) is 19.8 Å². The maximum Gasteiger partial charge on any atom is 0.150 e. The lowest BCUT2D eigenvalue weighted by Crippen LogP contribution is -2.08. The second-order valence-electron chi connectivity index (χ2n) is 3.60. The van der Waals surface area contributed by atoms with E-state index in [9.17, 15) is 0 Å². The molecule has 0 aliphatic rings. The van der Waals surface area contributed by atoms with E-state index in [1.165, 1.54) is 5.56 Å². The summed E-state index contributed by atoms with van der Waals surface area (Å²) in [7, 11) is 0. The summed E-state index contributed by atoms with van der Waals surface area (Å²) < 4.78 is 0. The number of rotatable bonds is 3. The summed E-state index contributed by atoms with van der Waals surface area (Å²) in [5.41, 5.74) is 2.36. The normalized spacial score (nSPS) is 10.8. The van der Waals surface area contributed by atoms with Crippen molar-refractivity contribution in [2.24, 2.45) is 5.92 Å². The molecule has 0 radical (unpaired) electrons. The predicted molar refractivity (Wildman–Crippen MR) is 51.4 cm³/mol. The van der Waals surface area contributed by atoms with E-state index in [1.54, 1.807) is 0 Å². The average molecular weight is 167 g/mol. The van der Waals surface area contributed by atoms with Crippen LogP contribution in [0.15, 0.2) is 0 Å². The SMILES string of the molecule is Cc1[nH]nc(NCC(C)C)c1C. The first-order valence-corrected chi connectivity index (χ1v) is 4.36. The third-order valence-electron chi connectivity index (χ3n) is 1.93. The van der Waals surface area contributed by atoms with Crippen LogP contribution in [-0.4, -0.2) is 16.7 Å². The Morgan fingerprint density at radius 3 is 2.50 bits per heavy atom. The van der Waals surface area contributed by atoms with E-state index >= 15 is 0 Å². The molecule has 0 saturated carbocycles. The smallest absolute Gasteiger partial charge is 0.150 e. The van der Waals surface area contributed by atoms with Crippen molar-refractivity contribution in [3.8, 4) is 0 Å². The van der Waals surface area contributed by atoms with Crippen molar-refractivity contribution >= 4 is 5.82 Å². The minimum atomic E-state index is 0.654. The largest absolute Gasteiger partial charge is 0.368 e. The third kappa shape index (κ3) is 2.00. The van der Waals surface area contributed by atoms with Crippen molar-refractivity contribution in [3.63, 3.8) is 0 Å². The molecule has 0 spiro atoms. The summed E-state index contributed by atoms with van der Waals surface area (Å²) in [5, 5.41) is 10.4. The number of aryl methyl sites for hydroxylation is 1. The Labute approximate surface area is 73.6 Å². The number of hydrogen-bond donors (Lipinski definition) is 2. The molecule has 3 heteroatoms. The molecular formula is C9H17N3. The topological polar surface area (TPSA) is 40.7 Å². The zero-order valence-electron chi connectivity index (χ0n) is 8.23. The second kappa shape index (κ2) is 3.61. The molecule has 0 amide bonds. The van der Waals surface area contributed by atoms with Gasteiger partial charge in [-0.15, -0.1) is 0 Å². The molecule has 1 aromatic heterocycles. The van der Waals surface area contributed by atoms with E-state index in [1.807, 2.05) is 6.92 Å². The van der Waals surface area contributed by atoms with Gasteiger partial charge in [-0.3, -0.25) is 5.10 Å². The summed E-state index contributed by atoms with van der Waals surface area (Å²) in [4.78, 5) is 0. The third-order valence-corrected chi connectivity index (χ3v) is 1.93. The van der Waals surface area contributed by atoms with Crippen LogP contribution in [0, 0.1) is 19.8 Å². The predicted octanol–water partition coefficient (Wildman–Crippen LogP) is 2.09. The zero-order chi connectivity index (χ0) is 9.14. The molecule has 12 heavy (non-hydrogen) atoms. The first-order valence-electron chi connectivity index (χ1n) is 4.36. The second-order valence-corrected chi connectivity index (χ2v) is 3.60. The van der Waals surface area contributed by atoms with Crippen molar-refractivity contribution in [3.05, 3.63) is 11.3 Å². The van der Waals surface area contributed by atoms with Gasteiger partial charge in [0.2, 0.25) is 0 Å².